The number of furan rings is 1. The second-order valence-electron chi connectivity index (χ2n) is 5.88. The molecule has 0 unspecified atom stereocenters. The molecule has 2 aromatic heterocycles. The Bertz CT molecular complexity index is 1310. The van der Waals surface area contributed by atoms with E-state index in [1.54, 1.807) is 31.4 Å². The molecule has 0 aliphatic heterocycles. The van der Waals surface area contributed by atoms with E-state index in [0.29, 0.717) is 16.4 Å². The molecule has 2 aromatic carbocycles. The Kier molecular flexibility index (Phi) is 5.15. The molecule has 0 fully saturated rings. The van der Waals surface area contributed by atoms with Crippen LogP contribution in [0.4, 0.5) is 5.13 Å². The van der Waals surface area contributed by atoms with Crippen molar-refractivity contribution in [3.8, 4) is 5.75 Å². The Balaban J connectivity index is 1.56. The number of ether oxygens (including phenoxy) is 1. The van der Waals surface area contributed by atoms with Crippen LogP contribution in [0.3, 0.4) is 0 Å². The first kappa shape index (κ1) is 19.6. The van der Waals surface area contributed by atoms with Crippen molar-refractivity contribution in [3.63, 3.8) is 0 Å². The molecule has 10 heteroatoms. The number of aromatic nitrogens is 1. The Labute approximate surface area is 178 Å². The summed E-state index contributed by atoms with van der Waals surface area (Å²) in [6, 6.07) is 14.1. The number of sulfone groups is 1. The van der Waals surface area contributed by atoms with Crippen LogP contribution < -0.4 is 10.1 Å². The van der Waals surface area contributed by atoms with Crippen LogP contribution in [0.15, 0.2) is 73.5 Å². The summed E-state index contributed by atoms with van der Waals surface area (Å²) < 4.78 is 37.4. The minimum absolute atomic E-state index is 0.0714. The highest BCUT2D eigenvalue weighted by molar-refractivity contribution is 9.10. The quantitative estimate of drug-likeness (QED) is 0.431. The minimum Gasteiger partial charge on any atom is -0.497 e. The number of carbonyl (C=O) groups excluding carboxylic acids is 1. The highest BCUT2D eigenvalue weighted by atomic mass is 79.9. The molecule has 0 saturated carbocycles. The summed E-state index contributed by atoms with van der Waals surface area (Å²) in [4.78, 5) is 16.9. The number of carbonyl (C=O) groups is 1. The van der Waals surface area contributed by atoms with E-state index in [2.05, 4.69) is 26.2 Å². The Morgan fingerprint density at radius 1 is 1.14 bits per heavy atom. The smallest absolute Gasteiger partial charge is 0.293 e. The summed E-state index contributed by atoms with van der Waals surface area (Å²) in [5.41, 5.74) is 0.712. The van der Waals surface area contributed by atoms with E-state index < -0.39 is 15.7 Å². The van der Waals surface area contributed by atoms with Gasteiger partial charge in [0.25, 0.3) is 5.91 Å². The minimum atomic E-state index is -3.86. The molecular weight excluding hydrogens is 480 g/mol. The van der Waals surface area contributed by atoms with Gasteiger partial charge < -0.3 is 9.15 Å². The molecular formula is C19H13BrN2O5S2. The number of benzene rings is 2. The predicted octanol–water partition coefficient (Wildman–Crippen LogP) is 4.75. The second-order valence-corrected chi connectivity index (χ2v) is 9.71. The van der Waals surface area contributed by atoms with Gasteiger partial charge in [-0.1, -0.05) is 27.3 Å². The number of fused-ring (bicyclic) bond motifs is 1. The van der Waals surface area contributed by atoms with Crippen molar-refractivity contribution in [1.29, 1.82) is 0 Å². The van der Waals surface area contributed by atoms with E-state index in [1.165, 1.54) is 35.6 Å². The monoisotopic (exact) mass is 492 g/mol. The van der Waals surface area contributed by atoms with E-state index in [9.17, 15) is 13.2 Å². The molecule has 0 spiro atoms. The lowest BCUT2D eigenvalue weighted by atomic mass is 10.3. The van der Waals surface area contributed by atoms with Crippen molar-refractivity contribution >= 4 is 58.4 Å². The number of thiazole rings is 1. The molecule has 2 heterocycles. The maximum absolute atomic E-state index is 12.7. The van der Waals surface area contributed by atoms with Crippen molar-refractivity contribution in [1.82, 2.24) is 4.98 Å². The van der Waals surface area contributed by atoms with Gasteiger partial charge in [-0.25, -0.2) is 13.4 Å². The summed E-state index contributed by atoms with van der Waals surface area (Å²) in [6.45, 7) is 0. The molecule has 4 rings (SSSR count). The van der Waals surface area contributed by atoms with E-state index >= 15 is 0 Å². The Hall–Kier alpha value is -2.69. The van der Waals surface area contributed by atoms with Crippen LogP contribution in [-0.4, -0.2) is 26.4 Å². The van der Waals surface area contributed by atoms with Gasteiger partial charge in [0.05, 0.1) is 22.2 Å². The van der Waals surface area contributed by atoms with Gasteiger partial charge in [0, 0.05) is 4.47 Å². The molecule has 1 N–H and O–H groups in total. The molecule has 0 bridgehead atoms. The van der Waals surface area contributed by atoms with Crippen LogP contribution in [-0.2, 0) is 9.84 Å². The summed E-state index contributed by atoms with van der Waals surface area (Å²) in [6.07, 6.45) is 0. The SMILES string of the molecule is COc1ccc2nc(NC(=O)c3ccc(S(=O)(=O)c4ccc(Br)cc4)o3)sc2c1. The number of methoxy groups -OCH3 is 1. The van der Waals surface area contributed by atoms with E-state index in [1.807, 2.05) is 6.07 Å². The summed E-state index contributed by atoms with van der Waals surface area (Å²) in [5.74, 6) is -0.0290. The van der Waals surface area contributed by atoms with Crippen molar-refractivity contribution < 1.29 is 22.4 Å². The second kappa shape index (κ2) is 7.62. The number of halogens is 1. The fourth-order valence-corrected chi connectivity index (χ4v) is 4.89. The molecule has 148 valence electrons. The number of rotatable bonds is 5. The van der Waals surface area contributed by atoms with E-state index in [-0.39, 0.29) is 15.7 Å². The Morgan fingerprint density at radius 2 is 1.90 bits per heavy atom. The molecule has 4 aromatic rings. The average molecular weight is 493 g/mol. The van der Waals surface area contributed by atoms with E-state index in [4.69, 9.17) is 9.15 Å². The molecule has 0 aliphatic rings. The number of nitrogens with one attached hydrogen (secondary N) is 1. The summed E-state index contributed by atoms with van der Waals surface area (Å²) >= 11 is 4.53. The highest BCUT2D eigenvalue weighted by Crippen LogP contribution is 2.30. The van der Waals surface area contributed by atoms with Crippen LogP contribution in [0.2, 0.25) is 0 Å². The third-order valence-corrected chi connectivity index (χ3v) is 7.11. The molecule has 29 heavy (non-hydrogen) atoms. The number of nitrogens with zero attached hydrogens (tertiary/aromatic N) is 1. The van der Waals surface area contributed by atoms with E-state index in [0.717, 1.165) is 9.17 Å². The van der Waals surface area contributed by atoms with Gasteiger partial charge in [0.2, 0.25) is 14.9 Å². The summed E-state index contributed by atoms with van der Waals surface area (Å²) in [5, 5.41) is 2.69. The predicted molar refractivity (Wildman–Crippen MR) is 112 cm³/mol. The number of hydrogen-bond donors (Lipinski definition) is 1. The van der Waals surface area contributed by atoms with Gasteiger partial charge in [-0.2, -0.15) is 0 Å². The molecule has 0 atom stereocenters. The lowest BCUT2D eigenvalue weighted by molar-refractivity contribution is 0.0991. The van der Waals surface area contributed by atoms with Gasteiger partial charge in [-0.15, -0.1) is 0 Å². The molecule has 0 saturated heterocycles. The zero-order chi connectivity index (χ0) is 20.6. The van der Waals surface area contributed by atoms with Gasteiger partial charge in [0.15, 0.2) is 10.9 Å². The zero-order valence-electron chi connectivity index (χ0n) is 14.9. The third-order valence-electron chi connectivity index (χ3n) is 4.01. The largest absolute Gasteiger partial charge is 0.497 e. The molecule has 7 nitrogen and oxygen atoms in total. The maximum Gasteiger partial charge on any atom is 0.293 e. The summed E-state index contributed by atoms with van der Waals surface area (Å²) in [7, 11) is -2.29. The number of amides is 1. The normalized spacial score (nSPS) is 11.5. The van der Waals surface area contributed by atoms with Gasteiger partial charge in [-0.05, 0) is 54.6 Å². The topological polar surface area (TPSA) is 98.5 Å². The van der Waals surface area contributed by atoms with Crippen LogP contribution >= 0.6 is 27.3 Å². The van der Waals surface area contributed by atoms with Crippen molar-refractivity contribution in [3.05, 3.63) is 64.8 Å². The Morgan fingerprint density at radius 3 is 2.62 bits per heavy atom. The third kappa shape index (κ3) is 3.91. The lowest BCUT2D eigenvalue weighted by Gasteiger charge is -2.01. The fourth-order valence-electron chi connectivity index (χ4n) is 2.56. The van der Waals surface area contributed by atoms with Crippen molar-refractivity contribution in [2.75, 3.05) is 12.4 Å². The first-order chi connectivity index (χ1) is 13.9. The van der Waals surface area contributed by atoms with Crippen molar-refractivity contribution in [2.24, 2.45) is 0 Å². The van der Waals surface area contributed by atoms with Crippen LogP contribution in [0.5, 0.6) is 5.75 Å². The first-order valence-corrected chi connectivity index (χ1v) is 11.3. The number of hydrogen-bond acceptors (Lipinski definition) is 7. The van der Waals surface area contributed by atoms with Crippen LogP contribution in [0.25, 0.3) is 10.2 Å². The molecule has 1 amide bonds. The van der Waals surface area contributed by atoms with Gasteiger partial charge in [0.1, 0.15) is 5.75 Å². The first-order valence-electron chi connectivity index (χ1n) is 8.23. The van der Waals surface area contributed by atoms with Crippen molar-refractivity contribution in [2.45, 2.75) is 9.99 Å². The van der Waals surface area contributed by atoms with Gasteiger partial charge >= 0.3 is 0 Å². The fraction of sp³-hybridized carbons (Fsp3) is 0.0526. The van der Waals surface area contributed by atoms with Crippen LogP contribution in [0, 0.1) is 0 Å². The standard InChI is InChI=1S/C19H13BrN2O5S2/c1-26-12-4-7-14-16(10-12)28-19(21-14)22-18(23)15-8-9-17(27-15)29(24,25)13-5-2-11(20)3-6-13/h2-10H,1H3,(H,21,22,23). The van der Waals surface area contributed by atoms with Gasteiger partial charge in [-0.3, -0.25) is 10.1 Å². The maximum atomic E-state index is 12.7. The van der Waals surface area contributed by atoms with Crippen LogP contribution in [0.1, 0.15) is 10.6 Å². The zero-order valence-corrected chi connectivity index (χ0v) is 18.1. The molecule has 0 aliphatic carbocycles. The highest BCUT2D eigenvalue weighted by Gasteiger charge is 2.24. The lowest BCUT2D eigenvalue weighted by Crippen LogP contribution is -2.10. The molecule has 0 radical (unpaired) electrons. The number of anilines is 1. The average Bonchev–Trinajstić information content (AvgIpc) is 3.35.